The lowest BCUT2D eigenvalue weighted by atomic mass is 9.97. The predicted octanol–water partition coefficient (Wildman–Crippen LogP) is -0.910. The Hall–Kier alpha value is -1.35. The molecule has 0 aromatic rings. The normalized spacial score (nSPS) is 21.6. The minimum Gasteiger partial charge on any atom is -0.481 e. The molecule has 0 bridgehead atoms. The van der Waals surface area contributed by atoms with Gasteiger partial charge < -0.3 is 14.9 Å². The Labute approximate surface area is 118 Å². The fraction of sp³-hybridized carbons (Fsp3) is 0.818. The number of carboxylic acids is 1. The molecule has 20 heavy (non-hydrogen) atoms. The Kier molecular flexibility index (Phi) is 4.19. The molecule has 1 N–H and O–H groups in total. The molecule has 2 rings (SSSR count). The minimum atomic E-state index is -3.19. The van der Waals surface area contributed by atoms with Gasteiger partial charge in [0.2, 0.25) is 10.0 Å². The van der Waals surface area contributed by atoms with E-state index in [2.05, 4.69) is 0 Å². The van der Waals surface area contributed by atoms with Crippen LogP contribution in [0.4, 0.5) is 4.79 Å². The first-order chi connectivity index (χ1) is 9.27. The maximum atomic E-state index is 12.1. The van der Waals surface area contributed by atoms with Gasteiger partial charge >= 0.3 is 12.0 Å². The average Bonchev–Trinajstić information content (AvgIpc) is 2.31. The first-order valence-corrected chi connectivity index (χ1v) is 8.33. The molecule has 2 heterocycles. The van der Waals surface area contributed by atoms with Crippen LogP contribution in [0.25, 0.3) is 0 Å². The van der Waals surface area contributed by atoms with Gasteiger partial charge in [0, 0.05) is 45.2 Å². The van der Waals surface area contributed by atoms with Crippen LogP contribution in [0.15, 0.2) is 0 Å². The molecule has 0 aromatic carbocycles. The summed E-state index contributed by atoms with van der Waals surface area (Å²) in [5.74, 6) is -0.808. The van der Waals surface area contributed by atoms with Crippen LogP contribution in [-0.4, -0.2) is 85.2 Å². The Balaban J connectivity index is 1.78. The fourth-order valence-electron chi connectivity index (χ4n) is 2.51. The van der Waals surface area contributed by atoms with Crippen molar-refractivity contribution in [3.8, 4) is 0 Å². The number of amides is 2. The maximum Gasteiger partial charge on any atom is 0.320 e. The summed E-state index contributed by atoms with van der Waals surface area (Å²) in [6.45, 7) is 2.33. The van der Waals surface area contributed by atoms with E-state index in [4.69, 9.17) is 5.11 Å². The molecule has 0 atom stereocenters. The number of hydrogen-bond acceptors (Lipinski definition) is 4. The van der Waals surface area contributed by atoms with E-state index in [-0.39, 0.29) is 18.4 Å². The quantitative estimate of drug-likeness (QED) is 0.728. The van der Waals surface area contributed by atoms with Crippen LogP contribution in [0.3, 0.4) is 0 Å². The van der Waals surface area contributed by atoms with E-state index in [9.17, 15) is 18.0 Å². The van der Waals surface area contributed by atoms with E-state index in [1.54, 1.807) is 9.80 Å². The highest BCUT2D eigenvalue weighted by atomic mass is 32.2. The molecule has 0 aliphatic carbocycles. The zero-order chi connectivity index (χ0) is 14.9. The number of piperazine rings is 1. The van der Waals surface area contributed by atoms with Crippen LogP contribution in [-0.2, 0) is 14.8 Å². The van der Waals surface area contributed by atoms with Crippen molar-refractivity contribution in [1.82, 2.24) is 14.1 Å². The smallest absolute Gasteiger partial charge is 0.320 e. The maximum absolute atomic E-state index is 12.1. The molecule has 8 nitrogen and oxygen atoms in total. The standard InChI is InChI=1S/C11H19N3O5S/c1-20(18,19)14-4-2-12(3-5-14)11(17)13-7-9(8-13)6-10(15)16/h9H,2-8H2,1H3,(H,15,16). The lowest BCUT2D eigenvalue weighted by molar-refractivity contribution is -0.139. The van der Waals surface area contributed by atoms with Crippen LogP contribution >= 0.6 is 0 Å². The second kappa shape index (κ2) is 5.57. The molecule has 0 aromatic heterocycles. The van der Waals surface area contributed by atoms with E-state index >= 15 is 0 Å². The van der Waals surface area contributed by atoms with E-state index in [0.717, 1.165) is 6.26 Å². The van der Waals surface area contributed by atoms with Gasteiger partial charge in [-0.15, -0.1) is 0 Å². The largest absolute Gasteiger partial charge is 0.481 e. The van der Waals surface area contributed by atoms with Crippen LogP contribution in [0.2, 0.25) is 0 Å². The average molecular weight is 305 g/mol. The van der Waals surface area contributed by atoms with Crippen molar-refractivity contribution in [3.63, 3.8) is 0 Å². The van der Waals surface area contributed by atoms with Gasteiger partial charge in [-0.2, -0.15) is 4.31 Å². The van der Waals surface area contributed by atoms with E-state index in [0.29, 0.717) is 39.3 Å². The lowest BCUT2D eigenvalue weighted by Gasteiger charge is -2.43. The molecule has 2 amide bonds. The van der Waals surface area contributed by atoms with Gasteiger partial charge in [-0.05, 0) is 0 Å². The van der Waals surface area contributed by atoms with Gasteiger partial charge in [0.25, 0.3) is 0 Å². The third kappa shape index (κ3) is 3.40. The first-order valence-electron chi connectivity index (χ1n) is 6.48. The molecule has 9 heteroatoms. The number of rotatable bonds is 3. The molecular formula is C11H19N3O5S. The molecule has 2 fully saturated rings. The lowest BCUT2D eigenvalue weighted by Crippen LogP contribution is -2.59. The highest BCUT2D eigenvalue weighted by molar-refractivity contribution is 7.88. The van der Waals surface area contributed by atoms with Gasteiger partial charge in [-0.3, -0.25) is 4.79 Å². The van der Waals surface area contributed by atoms with E-state index < -0.39 is 16.0 Å². The summed E-state index contributed by atoms with van der Waals surface area (Å²) in [6.07, 6.45) is 1.25. The van der Waals surface area contributed by atoms with Crippen LogP contribution in [0.1, 0.15) is 6.42 Å². The second-order valence-electron chi connectivity index (χ2n) is 5.30. The van der Waals surface area contributed by atoms with Crippen LogP contribution in [0, 0.1) is 5.92 Å². The van der Waals surface area contributed by atoms with E-state index in [1.807, 2.05) is 0 Å². The number of carboxylic acid groups (broad SMARTS) is 1. The van der Waals surface area contributed by atoms with Crippen molar-refractivity contribution in [1.29, 1.82) is 0 Å². The SMILES string of the molecule is CS(=O)(=O)N1CCN(C(=O)N2CC(CC(=O)O)C2)CC1. The summed E-state index contributed by atoms with van der Waals surface area (Å²) in [4.78, 5) is 25.9. The molecule has 114 valence electrons. The number of aliphatic carboxylic acids is 1. The summed E-state index contributed by atoms with van der Waals surface area (Å²) in [5, 5.41) is 8.65. The number of urea groups is 1. The summed E-state index contributed by atoms with van der Waals surface area (Å²) >= 11 is 0. The molecule has 2 aliphatic rings. The van der Waals surface area contributed by atoms with Gasteiger partial charge in [-0.1, -0.05) is 0 Å². The molecule has 0 radical (unpaired) electrons. The van der Waals surface area contributed by atoms with Crippen molar-refractivity contribution < 1.29 is 23.1 Å². The number of carbonyl (C=O) groups is 2. The number of hydrogen-bond donors (Lipinski definition) is 1. The third-order valence-corrected chi connectivity index (χ3v) is 4.97. The molecule has 0 spiro atoms. The van der Waals surface area contributed by atoms with Crippen molar-refractivity contribution in [2.45, 2.75) is 6.42 Å². The van der Waals surface area contributed by atoms with E-state index in [1.165, 1.54) is 4.31 Å². The molecule has 0 saturated carbocycles. The highest BCUT2D eigenvalue weighted by Crippen LogP contribution is 2.21. The number of carbonyl (C=O) groups excluding carboxylic acids is 1. The summed E-state index contributed by atoms with van der Waals surface area (Å²) < 4.78 is 24.1. The zero-order valence-electron chi connectivity index (χ0n) is 11.4. The molecule has 2 saturated heterocycles. The Bertz CT molecular complexity index is 492. The Morgan fingerprint density at radius 2 is 1.65 bits per heavy atom. The second-order valence-corrected chi connectivity index (χ2v) is 7.28. The topological polar surface area (TPSA) is 98.2 Å². The van der Waals surface area contributed by atoms with Crippen molar-refractivity contribution in [2.24, 2.45) is 5.92 Å². The Morgan fingerprint density at radius 3 is 2.10 bits per heavy atom. The van der Waals surface area contributed by atoms with Gasteiger partial charge in [-0.25, -0.2) is 13.2 Å². The van der Waals surface area contributed by atoms with Crippen LogP contribution in [0.5, 0.6) is 0 Å². The van der Waals surface area contributed by atoms with Gasteiger partial charge in [0.15, 0.2) is 0 Å². The summed E-state index contributed by atoms with van der Waals surface area (Å²) in [7, 11) is -3.19. The molecule has 0 unspecified atom stereocenters. The highest BCUT2D eigenvalue weighted by Gasteiger charge is 2.36. The zero-order valence-corrected chi connectivity index (χ0v) is 12.2. The monoisotopic (exact) mass is 305 g/mol. The van der Waals surface area contributed by atoms with Crippen LogP contribution < -0.4 is 0 Å². The third-order valence-electron chi connectivity index (χ3n) is 3.67. The molecular weight excluding hydrogens is 286 g/mol. The first kappa shape index (κ1) is 15.0. The van der Waals surface area contributed by atoms with Crippen molar-refractivity contribution in [3.05, 3.63) is 0 Å². The molecule has 2 aliphatic heterocycles. The minimum absolute atomic E-state index is 0.0359. The van der Waals surface area contributed by atoms with Gasteiger partial charge in [0.1, 0.15) is 0 Å². The summed E-state index contributed by atoms with van der Waals surface area (Å²) in [6, 6.07) is -0.125. The number of sulfonamides is 1. The number of likely N-dealkylation sites (tertiary alicyclic amines) is 1. The van der Waals surface area contributed by atoms with Crippen molar-refractivity contribution >= 4 is 22.0 Å². The Morgan fingerprint density at radius 1 is 1.10 bits per heavy atom. The summed E-state index contributed by atoms with van der Waals surface area (Å²) in [5.41, 5.74) is 0. The fourth-order valence-corrected chi connectivity index (χ4v) is 3.34. The number of nitrogens with zero attached hydrogens (tertiary/aromatic N) is 3. The van der Waals surface area contributed by atoms with Gasteiger partial charge in [0.05, 0.1) is 12.7 Å². The van der Waals surface area contributed by atoms with Crippen molar-refractivity contribution in [2.75, 3.05) is 45.5 Å². The predicted molar refractivity (Wildman–Crippen MR) is 70.7 cm³/mol.